The van der Waals surface area contributed by atoms with Gasteiger partial charge in [-0.1, -0.05) is 17.7 Å². The number of nitrogens with one attached hydrogen (secondary N) is 1. The molecule has 2 fully saturated rings. The molecule has 2 saturated heterocycles. The molecule has 2 aromatic rings. The topological polar surface area (TPSA) is 105 Å². The average molecular weight is 494 g/mol. The zero-order valence-corrected chi connectivity index (χ0v) is 19.8. The molecule has 2 amide bonds. The number of imide groups is 1. The van der Waals surface area contributed by atoms with Crippen LogP contribution in [0.25, 0.3) is 0 Å². The van der Waals surface area contributed by atoms with Gasteiger partial charge >= 0.3 is 0 Å². The number of morpholine rings is 1. The summed E-state index contributed by atoms with van der Waals surface area (Å²) in [5.74, 6) is -0.603. The summed E-state index contributed by atoms with van der Waals surface area (Å²) in [6.07, 6.45) is -0.0671. The molecule has 176 valence electrons. The lowest BCUT2D eigenvalue weighted by atomic mass is 10.2. The number of ether oxygens (including phenoxy) is 2. The predicted molar refractivity (Wildman–Crippen MR) is 123 cm³/mol. The molecule has 11 heteroatoms. The Labute approximate surface area is 197 Å². The van der Waals surface area contributed by atoms with E-state index in [0.29, 0.717) is 35.2 Å². The van der Waals surface area contributed by atoms with E-state index in [4.69, 9.17) is 21.1 Å². The summed E-state index contributed by atoms with van der Waals surface area (Å²) in [6, 6.07) is 8.75. The highest BCUT2D eigenvalue weighted by Gasteiger charge is 2.40. The van der Waals surface area contributed by atoms with E-state index in [2.05, 4.69) is 5.32 Å². The summed E-state index contributed by atoms with van der Waals surface area (Å²) in [5.41, 5.74) is 1.45. The molecule has 1 N–H and O–H groups in total. The number of rotatable bonds is 6. The van der Waals surface area contributed by atoms with Crippen molar-refractivity contribution in [1.82, 2.24) is 4.31 Å². The molecule has 0 radical (unpaired) electrons. The third kappa shape index (κ3) is 4.43. The van der Waals surface area contributed by atoms with Gasteiger partial charge in [-0.05, 0) is 42.8 Å². The van der Waals surface area contributed by atoms with Gasteiger partial charge in [-0.15, -0.1) is 0 Å². The number of carbonyl (C=O) groups excluding carboxylic acids is 2. The van der Waals surface area contributed by atoms with Crippen LogP contribution in [0.2, 0.25) is 5.02 Å². The van der Waals surface area contributed by atoms with Gasteiger partial charge in [0.05, 0.1) is 32.4 Å². The Bertz CT molecular complexity index is 1200. The summed E-state index contributed by atoms with van der Waals surface area (Å²) in [4.78, 5) is 26.8. The number of carbonyl (C=O) groups is 2. The van der Waals surface area contributed by atoms with E-state index in [1.807, 2.05) is 0 Å². The van der Waals surface area contributed by atoms with Gasteiger partial charge in [0.25, 0.3) is 5.91 Å². The SMILES string of the molecule is COc1ccc(NC2CC(=O)N(c3cccc(Cl)c3C)C2=O)cc1S(=O)(=O)N1CCOCC1. The number of methoxy groups -OCH3 is 1. The van der Waals surface area contributed by atoms with Crippen molar-refractivity contribution in [3.8, 4) is 5.75 Å². The molecular weight excluding hydrogens is 470 g/mol. The molecule has 0 saturated carbocycles. The molecule has 2 aliphatic heterocycles. The first-order chi connectivity index (χ1) is 15.7. The minimum absolute atomic E-state index is 0.0174. The lowest BCUT2D eigenvalue weighted by molar-refractivity contribution is -0.121. The van der Waals surface area contributed by atoms with Gasteiger partial charge in [0, 0.05) is 23.8 Å². The number of hydrogen-bond donors (Lipinski definition) is 1. The maximum atomic E-state index is 13.2. The number of benzene rings is 2. The number of hydrogen-bond acceptors (Lipinski definition) is 7. The fraction of sp³-hybridized carbons (Fsp3) is 0.364. The van der Waals surface area contributed by atoms with Crippen molar-refractivity contribution in [3.63, 3.8) is 0 Å². The molecule has 2 aliphatic rings. The number of halogens is 1. The molecule has 1 unspecified atom stereocenters. The van der Waals surface area contributed by atoms with Crippen LogP contribution < -0.4 is 15.0 Å². The monoisotopic (exact) mass is 493 g/mol. The number of amides is 2. The Morgan fingerprint density at radius 1 is 1.15 bits per heavy atom. The highest BCUT2D eigenvalue weighted by atomic mass is 35.5. The van der Waals surface area contributed by atoms with Crippen LogP contribution in [0.4, 0.5) is 11.4 Å². The van der Waals surface area contributed by atoms with Gasteiger partial charge in [-0.3, -0.25) is 9.59 Å². The van der Waals surface area contributed by atoms with Crippen LogP contribution in [0.5, 0.6) is 5.75 Å². The summed E-state index contributed by atoms with van der Waals surface area (Å²) < 4.78 is 38.3. The molecule has 0 aromatic heterocycles. The van der Waals surface area contributed by atoms with Gasteiger partial charge in [0.15, 0.2) is 0 Å². The number of nitrogens with zero attached hydrogens (tertiary/aromatic N) is 2. The van der Waals surface area contributed by atoms with Crippen LogP contribution in [0.1, 0.15) is 12.0 Å². The largest absolute Gasteiger partial charge is 0.495 e. The van der Waals surface area contributed by atoms with Crippen molar-refractivity contribution in [1.29, 1.82) is 0 Å². The van der Waals surface area contributed by atoms with Crippen LogP contribution >= 0.6 is 11.6 Å². The molecule has 0 spiro atoms. The van der Waals surface area contributed by atoms with Crippen LogP contribution in [-0.4, -0.2) is 64.0 Å². The Kier molecular flexibility index (Phi) is 6.62. The zero-order chi connectivity index (χ0) is 23.8. The molecular formula is C22H24ClN3O6S. The third-order valence-corrected chi connectivity index (χ3v) is 8.05. The minimum atomic E-state index is -3.84. The van der Waals surface area contributed by atoms with Crippen molar-refractivity contribution >= 4 is 44.8 Å². The van der Waals surface area contributed by atoms with E-state index in [0.717, 1.165) is 4.90 Å². The minimum Gasteiger partial charge on any atom is -0.495 e. The zero-order valence-electron chi connectivity index (χ0n) is 18.2. The second kappa shape index (κ2) is 9.30. The first-order valence-corrected chi connectivity index (χ1v) is 12.2. The van der Waals surface area contributed by atoms with Crippen LogP contribution in [0, 0.1) is 6.92 Å². The first-order valence-electron chi connectivity index (χ1n) is 10.4. The third-order valence-electron chi connectivity index (χ3n) is 5.72. The smallest absolute Gasteiger partial charge is 0.256 e. The van der Waals surface area contributed by atoms with E-state index in [9.17, 15) is 18.0 Å². The standard InChI is InChI=1S/C22H24ClN3O6S/c1-14-16(23)4-3-5-18(14)26-21(27)13-17(22(26)28)24-15-6-7-19(31-2)20(12-15)33(29,30)25-8-10-32-11-9-25/h3-7,12,17,24H,8-11,13H2,1-2H3. The Hall–Kier alpha value is -2.66. The fourth-order valence-electron chi connectivity index (χ4n) is 3.93. The summed E-state index contributed by atoms with van der Waals surface area (Å²) in [6.45, 7) is 2.86. The highest BCUT2D eigenvalue weighted by molar-refractivity contribution is 7.89. The van der Waals surface area contributed by atoms with E-state index >= 15 is 0 Å². The second-order valence-electron chi connectivity index (χ2n) is 7.73. The average Bonchev–Trinajstić information content (AvgIpc) is 3.09. The Morgan fingerprint density at radius 2 is 1.88 bits per heavy atom. The van der Waals surface area contributed by atoms with E-state index in [1.54, 1.807) is 31.2 Å². The van der Waals surface area contributed by atoms with Crippen molar-refractivity contribution < 1.29 is 27.5 Å². The molecule has 0 bridgehead atoms. The van der Waals surface area contributed by atoms with Crippen molar-refractivity contribution in [2.24, 2.45) is 0 Å². The quantitative estimate of drug-likeness (QED) is 0.616. The first kappa shape index (κ1) is 23.5. The fourth-order valence-corrected chi connectivity index (χ4v) is 5.69. The summed E-state index contributed by atoms with van der Waals surface area (Å²) >= 11 is 6.16. The number of sulfonamides is 1. The van der Waals surface area contributed by atoms with Gasteiger partial charge in [0.1, 0.15) is 16.7 Å². The lowest BCUT2D eigenvalue weighted by Crippen LogP contribution is -2.40. The second-order valence-corrected chi connectivity index (χ2v) is 10.0. The molecule has 0 aliphatic carbocycles. The van der Waals surface area contributed by atoms with E-state index < -0.39 is 22.0 Å². The van der Waals surface area contributed by atoms with Crippen molar-refractivity contribution in [2.75, 3.05) is 43.6 Å². The summed E-state index contributed by atoms with van der Waals surface area (Å²) in [7, 11) is -2.44. The van der Waals surface area contributed by atoms with Crippen LogP contribution in [-0.2, 0) is 24.3 Å². The van der Waals surface area contributed by atoms with E-state index in [1.165, 1.54) is 23.5 Å². The lowest BCUT2D eigenvalue weighted by Gasteiger charge is -2.27. The van der Waals surface area contributed by atoms with Crippen molar-refractivity contribution in [2.45, 2.75) is 24.3 Å². The van der Waals surface area contributed by atoms with E-state index in [-0.39, 0.29) is 36.1 Å². The molecule has 4 rings (SSSR count). The normalized spacial score (nSPS) is 19.7. The molecule has 9 nitrogen and oxygen atoms in total. The van der Waals surface area contributed by atoms with Gasteiger partial charge in [-0.25, -0.2) is 13.3 Å². The molecule has 1 atom stereocenters. The maximum absolute atomic E-state index is 13.2. The van der Waals surface area contributed by atoms with Gasteiger partial charge < -0.3 is 14.8 Å². The van der Waals surface area contributed by atoms with Crippen LogP contribution in [0.15, 0.2) is 41.3 Å². The molecule has 33 heavy (non-hydrogen) atoms. The maximum Gasteiger partial charge on any atom is 0.256 e. The van der Waals surface area contributed by atoms with Gasteiger partial charge in [0.2, 0.25) is 15.9 Å². The Morgan fingerprint density at radius 3 is 2.58 bits per heavy atom. The Balaban J connectivity index is 1.61. The summed E-state index contributed by atoms with van der Waals surface area (Å²) in [5, 5.41) is 3.47. The molecule has 2 aromatic carbocycles. The number of anilines is 2. The predicted octanol–water partition coefficient (Wildman–Crippen LogP) is 2.42. The highest BCUT2D eigenvalue weighted by Crippen LogP contribution is 2.33. The van der Waals surface area contributed by atoms with Crippen molar-refractivity contribution in [3.05, 3.63) is 47.0 Å². The van der Waals surface area contributed by atoms with Gasteiger partial charge in [-0.2, -0.15) is 4.31 Å². The van der Waals surface area contributed by atoms with Crippen LogP contribution in [0.3, 0.4) is 0 Å². The molecule has 2 heterocycles.